The summed E-state index contributed by atoms with van der Waals surface area (Å²) in [5.74, 6) is 0. The number of benzene rings is 1. The Bertz CT molecular complexity index is 323. The molecule has 2 rings (SSSR count). The monoisotopic (exact) mass is 190 g/mol. The van der Waals surface area contributed by atoms with Crippen LogP contribution in [0.15, 0.2) is 30.3 Å². The molecular weight excluding hydrogens is 176 g/mol. The van der Waals surface area contributed by atoms with E-state index in [0.29, 0.717) is 0 Å². The summed E-state index contributed by atoms with van der Waals surface area (Å²) < 4.78 is 0. The van der Waals surface area contributed by atoms with Gasteiger partial charge in [-0.1, -0.05) is 37.3 Å². The molecule has 1 aliphatic rings. The molecule has 3 nitrogen and oxygen atoms in total. The maximum absolute atomic E-state index is 11.2. The van der Waals surface area contributed by atoms with Crippen molar-refractivity contribution in [2.75, 3.05) is 0 Å². The van der Waals surface area contributed by atoms with Crippen LogP contribution >= 0.6 is 0 Å². The minimum absolute atomic E-state index is 0.0642. The maximum atomic E-state index is 11.2. The molecule has 1 aromatic carbocycles. The van der Waals surface area contributed by atoms with Gasteiger partial charge in [-0.15, -0.1) is 0 Å². The van der Waals surface area contributed by atoms with E-state index in [1.165, 1.54) is 0 Å². The molecule has 0 aliphatic carbocycles. The predicted molar refractivity (Wildman–Crippen MR) is 54.9 cm³/mol. The van der Waals surface area contributed by atoms with E-state index in [2.05, 4.69) is 17.6 Å². The van der Waals surface area contributed by atoms with Crippen LogP contribution in [0.1, 0.15) is 24.9 Å². The first-order valence-corrected chi connectivity index (χ1v) is 4.93. The Kier molecular flexibility index (Phi) is 2.39. The summed E-state index contributed by atoms with van der Waals surface area (Å²) >= 11 is 0. The number of urea groups is 1. The molecule has 2 N–H and O–H groups in total. The zero-order chi connectivity index (χ0) is 9.97. The van der Waals surface area contributed by atoms with Crippen molar-refractivity contribution in [2.45, 2.75) is 25.4 Å². The van der Waals surface area contributed by atoms with Crippen molar-refractivity contribution < 1.29 is 4.79 Å². The maximum Gasteiger partial charge on any atom is 0.315 e. The van der Waals surface area contributed by atoms with Gasteiger partial charge in [-0.25, -0.2) is 4.79 Å². The van der Waals surface area contributed by atoms with Gasteiger partial charge in [0.05, 0.1) is 12.1 Å². The third-order valence-corrected chi connectivity index (χ3v) is 2.60. The number of amides is 2. The zero-order valence-electron chi connectivity index (χ0n) is 8.16. The van der Waals surface area contributed by atoms with Crippen LogP contribution in [0.3, 0.4) is 0 Å². The molecule has 1 aromatic rings. The molecule has 0 unspecified atom stereocenters. The normalized spacial score (nSPS) is 25.6. The van der Waals surface area contributed by atoms with Crippen LogP contribution in [-0.4, -0.2) is 12.1 Å². The highest BCUT2D eigenvalue weighted by Gasteiger charge is 2.30. The van der Waals surface area contributed by atoms with E-state index >= 15 is 0 Å². The van der Waals surface area contributed by atoms with Crippen LogP contribution < -0.4 is 10.6 Å². The van der Waals surface area contributed by atoms with Crippen molar-refractivity contribution in [3.8, 4) is 0 Å². The quantitative estimate of drug-likeness (QED) is 0.733. The highest BCUT2D eigenvalue weighted by molar-refractivity contribution is 5.77. The lowest BCUT2D eigenvalue weighted by atomic mass is 9.99. The molecule has 1 fully saturated rings. The molecule has 2 atom stereocenters. The molecule has 2 amide bonds. The van der Waals surface area contributed by atoms with Crippen LogP contribution in [0.2, 0.25) is 0 Å². The van der Waals surface area contributed by atoms with E-state index in [9.17, 15) is 4.79 Å². The van der Waals surface area contributed by atoms with Crippen LogP contribution in [0.4, 0.5) is 4.79 Å². The van der Waals surface area contributed by atoms with Gasteiger partial charge in [-0.3, -0.25) is 0 Å². The summed E-state index contributed by atoms with van der Waals surface area (Å²) in [5.41, 5.74) is 1.16. The predicted octanol–water partition coefficient (Wildman–Crippen LogP) is 1.82. The summed E-state index contributed by atoms with van der Waals surface area (Å²) in [6, 6.07) is 10.3. The first-order valence-electron chi connectivity index (χ1n) is 4.93. The van der Waals surface area contributed by atoms with Crippen molar-refractivity contribution >= 4 is 6.03 Å². The molecule has 1 heterocycles. The van der Waals surface area contributed by atoms with E-state index in [-0.39, 0.29) is 18.1 Å². The summed E-state index contributed by atoms with van der Waals surface area (Å²) in [6.07, 6.45) is 0.943. The molecule has 74 valence electrons. The molecule has 0 radical (unpaired) electrons. The molecule has 0 bridgehead atoms. The Morgan fingerprint density at radius 1 is 1.21 bits per heavy atom. The summed E-state index contributed by atoms with van der Waals surface area (Å²) in [4.78, 5) is 11.2. The summed E-state index contributed by atoms with van der Waals surface area (Å²) in [5, 5.41) is 5.82. The second-order valence-corrected chi connectivity index (χ2v) is 3.52. The molecule has 0 aromatic heterocycles. The minimum Gasteiger partial charge on any atom is -0.333 e. The van der Waals surface area contributed by atoms with Gasteiger partial charge in [-0.05, 0) is 12.0 Å². The van der Waals surface area contributed by atoms with Crippen molar-refractivity contribution in [3.05, 3.63) is 35.9 Å². The Morgan fingerprint density at radius 3 is 2.57 bits per heavy atom. The van der Waals surface area contributed by atoms with Gasteiger partial charge in [0.25, 0.3) is 0 Å². The minimum atomic E-state index is -0.0642. The Morgan fingerprint density at radius 2 is 1.93 bits per heavy atom. The van der Waals surface area contributed by atoms with E-state index < -0.39 is 0 Å². The average molecular weight is 190 g/mol. The number of carbonyl (C=O) groups is 1. The van der Waals surface area contributed by atoms with Gasteiger partial charge in [0.1, 0.15) is 0 Å². The lowest BCUT2D eigenvalue weighted by molar-refractivity contribution is 0.247. The first-order chi connectivity index (χ1) is 6.81. The molecule has 1 saturated heterocycles. The highest BCUT2D eigenvalue weighted by Crippen LogP contribution is 2.22. The summed E-state index contributed by atoms with van der Waals surface area (Å²) in [6.45, 7) is 2.08. The molecule has 14 heavy (non-hydrogen) atoms. The van der Waals surface area contributed by atoms with Gasteiger partial charge in [-0.2, -0.15) is 0 Å². The van der Waals surface area contributed by atoms with Crippen molar-refractivity contribution in [3.63, 3.8) is 0 Å². The van der Waals surface area contributed by atoms with Crippen LogP contribution in [0.5, 0.6) is 0 Å². The third-order valence-electron chi connectivity index (χ3n) is 2.60. The average Bonchev–Trinajstić information content (AvgIpc) is 2.61. The van der Waals surface area contributed by atoms with Crippen LogP contribution in [-0.2, 0) is 0 Å². The van der Waals surface area contributed by atoms with Crippen LogP contribution in [0.25, 0.3) is 0 Å². The second kappa shape index (κ2) is 3.70. The lowest BCUT2D eigenvalue weighted by Crippen LogP contribution is -2.26. The second-order valence-electron chi connectivity index (χ2n) is 3.52. The van der Waals surface area contributed by atoms with E-state index in [4.69, 9.17) is 0 Å². The van der Waals surface area contributed by atoms with Crippen molar-refractivity contribution in [1.82, 2.24) is 10.6 Å². The number of nitrogens with one attached hydrogen (secondary N) is 2. The number of hydrogen-bond donors (Lipinski definition) is 2. The van der Waals surface area contributed by atoms with Gasteiger partial charge in [0, 0.05) is 0 Å². The van der Waals surface area contributed by atoms with Crippen molar-refractivity contribution in [2.24, 2.45) is 0 Å². The van der Waals surface area contributed by atoms with Crippen LogP contribution in [0, 0.1) is 0 Å². The SMILES string of the molecule is CC[C@@H]1NC(=O)N[C@H]1c1ccccc1. The van der Waals surface area contributed by atoms with Crippen molar-refractivity contribution in [1.29, 1.82) is 0 Å². The smallest absolute Gasteiger partial charge is 0.315 e. The molecule has 0 saturated carbocycles. The Labute approximate surface area is 83.5 Å². The highest BCUT2D eigenvalue weighted by atomic mass is 16.2. The fourth-order valence-electron chi connectivity index (χ4n) is 1.85. The van der Waals surface area contributed by atoms with E-state index in [1.807, 2.05) is 30.3 Å². The molecule has 3 heteroatoms. The van der Waals surface area contributed by atoms with E-state index in [0.717, 1.165) is 12.0 Å². The van der Waals surface area contributed by atoms with Gasteiger partial charge < -0.3 is 10.6 Å². The Hall–Kier alpha value is -1.51. The number of rotatable bonds is 2. The van der Waals surface area contributed by atoms with Gasteiger partial charge in [0.2, 0.25) is 0 Å². The molecule has 1 aliphatic heterocycles. The summed E-state index contributed by atoms with van der Waals surface area (Å²) in [7, 11) is 0. The Balaban J connectivity index is 2.22. The van der Waals surface area contributed by atoms with E-state index in [1.54, 1.807) is 0 Å². The molecule has 0 spiro atoms. The molecular formula is C11H14N2O. The lowest BCUT2D eigenvalue weighted by Gasteiger charge is -2.16. The third kappa shape index (κ3) is 1.58. The topological polar surface area (TPSA) is 41.1 Å². The fraction of sp³-hybridized carbons (Fsp3) is 0.364. The first kappa shape index (κ1) is 9.06. The fourth-order valence-corrected chi connectivity index (χ4v) is 1.85. The van der Waals surface area contributed by atoms with Gasteiger partial charge in [0.15, 0.2) is 0 Å². The largest absolute Gasteiger partial charge is 0.333 e. The standard InChI is InChI=1S/C11H14N2O/c1-2-9-10(13-11(14)12-9)8-6-4-3-5-7-8/h3-7,9-10H,2H2,1H3,(H2,12,13,14)/t9-,10-/m0/s1. The van der Waals surface area contributed by atoms with Gasteiger partial charge >= 0.3 is 6.03 Å². The number of hydrogen-bond acceptors (Lipinski definition) is 1. The number of carbonyl (C=O) groups excluding carboxylic acids is 1. The zero-order valence-corrected chi connectivity index (χ0v) is 8.16.